The van der Waals surface area contributed by atoms with Gasteiger partial charge in [0.1, 0.15) is 5.75 Å². The Morgan fingerprint density at radius 2 is 2.30 bits per heavy atom. The normalized spacial score (nSPS) is 14.1. The highest BCUT2D eigenvalue weighted by atomic mass is 32.1. The number of carbonyl (C=O) groups excluding carboxylic acids is 1. The van der Waals surface area contributed by atoms with Gasteiger partial charge in [0, 0.05) is 17.0 Å². The van der Waals surface area contributed by atoms with Crippen molar-refractivity contribution in [3.8, 4) is 17.0 Å². The predicted octanol–water partition coefficient (Wildman–Crippen LogP) is 3.53. The molecule has 0 unspecified atom stereocenters. The predicted molar refractivity (Wildman–Crippen MR) is 83.2 cm³/mol. The van der Waals surface area contributed by atoms with Crippen LogP contribution in [-0.4, -0.2) is 24.0 Å². The number of fused-ring (bicyclic) bond motifs is 1. The molecular formula is C14H14N2O2S2. The summed E-state index contributed by atoms with van der Waals surface area (Å²) in [4.78, 5) is 18.0. The molecule has 1 aliphatic rings. The van der Waals surface area contributed by atoms with Gasteiger partial charge in [0.05, 0.1) is 11.4 Å². The number of hydrogen-bond donors (Lipinski definition) is 1. The number of nitrogens with one attached hydrogen (secondary N) is 1. The van der Waals surface area contributed by atoms with Gasteiger partial charge in [0.15, 0.2) is 10.6 Å². The number of benzene rings is 1. The first-order valence-corrected chi connectivity index (χ1v) is 7.60. The SMILES string of the molecule is CCN1C(=O)COc2ccc(-c3[nH]c(=S)sc3C)cc21. The van der Waals surface area contributed by atoms with E-state index in [4.69, 9.17) is 17.0 Å². The number of thiazole rings is 1. The molecule has 3 rings (SSSR count). The van der Waals surface area contributed by atoms with Crippen LogP contribution in [0.2, 0.25) is 0 Å². The second-order valence-electron chi connectivity index (χ2n) is 4.55. The number of likely N-dealkylation sites (N-methyl/N-ethyl adjacent to an activating group) is 1. The third-order valence-electron chi connectivity index (χ3n) is 3.33. The topological polar surface area (TPSA) is 45.3 Å². The number of amides is 1. The van der Waals surface area contributed by atoms with Crippen molar-refractivity contribution >= 4 is 35.1 Å². The first-order chi connectivity index (χ1) is 9.60. The van der Waals surface area contributed by atoms with Gasteiger partial charge in [0.25, 0.3) is 5.91 Å². The molecule has 0 aliphatic carbocycles. The monoisotopic (exact) mass is 306 g/mol. The second-order valence-corrected chi connectivity index (χ2v) is 6.45. The van der Waals surface area contributed by atoms with Gasteiger partial charge in [-0.05, 0) is 44.3 Å². The van der Waals surface area contributed by atoms with E-state index >= 15 is 0 Å². The molecule has 1 aliphatic heterocycles. The summed E-state index contributed by atoms with van der Waals surface area (Å²) in [6.45, 7) is 4.74. The van der Waals surface area contributed by atoms with Crippen LogP contribution in [0.3, 0.4) is 0 Å². The van der Waals surface area contributed by atoms with Crippen LogP contribution in [-0.2, 0) is 4.79 Å². The van der Waals surface area contributed by atoms with E-state index in [1.807, 2.05) is 32.0 Å². The minimum Gasteiger partial charge on any atom is -0.482 e. The zero-order valence-electron chi connectivity index (χ0n) is 11.2. The van der Waals surface area contributed by atoms with Crippen molar-refractivity contribution in [3.63, 3.8) is 0 Å². The van der Waals surface area contributed by atoms with E-state index in [1.54, 1.807) is 16.2 Å². The molecule has 0 saturated carbocycles. The summed E-state index contributed by atoms with van der Waals surface area (Å²) >= 11 is 6.74. The lowest BCUT2D eigenvalue weighted by Crippen LogP contribution is -2.38. The summed E-state index contributed by atoms with van der Waals surface area (Å²) in [6.07, 6.45) is 0. The number of aromatic amines is 1. The van der Waals surface area contributed by atoms with Crippen LogP contribution in [0.25, 0.3) is 11.3 Å². The van der Waals surface area contributed by atoms with Crippen LogP contribution in [0.1, 0.15) is 11.8 Å². The van der Waals surface area contributed by atoms with Crippen molar-refractivity contribution in [1.82, 2.24) is 4.98 Å². The number of H-pyrrole nitrogens is 1. The quantitative estimate of drug-likeness (QED) is 0.863. The fraction of sp³-hybridized carbons (Fsp3) is 0.286. The Bertz CT molecular complexity index is 733. The number of anilines is 1. The van der Waals surface area contributed by atoms with Crippen LogP contribution in [0, 0.1) is 10.9 Å². The highest BCUT2D eigenvalue weighted by Gasteiger charge is 2.24. The van der Waals surface area contributed by atoms with Crippen molar-refractivity contribution in [2.45, 2.75) is 13.8 Å². The maximum Gasteiger partial charge on any atom is 0.265 e. The average molecular weight is 306 g/mol. The Kier molecular flexibility index (Phi) is 3.35. The van der Waals surface area contributed by atoms with Crippen molar-refractivity contribution < 1.29 is 9.53 Å². The Morgan fingerprint density at radius 1 is 1.50 bits per heavy atom. The Morgan fingerprint density at radius 3 is 2.95 bits per heavy atom. The molecule has 1 aromatic heterocycles. The summed E-state index contributed by atoms with van der Waals surface area (Å²) in [5.74, 6) is 0.744. The van der Waals surface area contributed by atoms with Crippen LogP contribution in [0.5, 0.6) is 5.75 Å². The molecular weight excluding hydrogens is 292 g/mol. The molecule has 1 aromatic carbocycles. The molecule has 1 N–H and O–H groups in total. The molecule has 1 amide bonds. The molecule has 0 radical (unpaired) electrons. The Labute approximate surface area is 126 Å². The molecule has 0 spiro atoms. The molecule has 0 fully saturated rings. The van der Waals surface area contributed by atoms with E-state index in [0.29, 0.717) is 6.54 Å². The molecule has 4 nitrogen and oxygen atoms in total. The molecule has 6 heteroatoms. The van der Waals surface area contributed by atoms with Gasteiger partial charge in [-0.3, -0.25) is 4.79 Å². The molecule has 20 heavy (non-hydrogen) atoms. The lowest BCUT2D eigenvalue weighted by Gasteiger charge is -2.28. The van der Waals surface area contributed by atoms with Gasteiger partial charge in [-0.15, -0.1) is 11.3 Å². The van der Waals surface area contributed by atoms with Gasteiger partial charge < -0.3 is 14.6 Å². The van der Waals surface area contributed by atoms with Gasteiger partial charge in [0.2, 0.25) is 0 Å². The fourth-order valence-electron chi connectivity index (χ4n) is 2.39. The largest absolute Gasteiger partial charge is 0.482 e. The molecule has 0 saturated heterocycles. The zero-order valence-corrected chi connectivity index (χ0v) is 12.9. The maximum atomic E-state index is 11.9. The summed E-state index contributed by atoms with van der Waals surface area (Å²) in [5.41, 5.74) is 2.85. The zero-order chi connectivity index (χ0) is 14.3. The van der Waals surface area contributed by atoms with E-state index in [0.717, 1.165) is 31.5 Å². The first kappa shape index (κ1) is 13.3. The first-order valence-electron chi connectivity index (χ1n) is 6.37. The van der Waals surface area contributed by atoms with E-state index in [2.05, 4.69) is 4.98 Å². The number of nitrogens with zero attached hydrogens (tertiary/aromatic N) is 1. The molecule has 2 aromatic rings. The lowest BCUT2D eigenvalue weighted by atomic mass is 10.1. The Balaban J connectivity index is 2.13. The highest BCUT2D eigenvalue weighted by molar-refractivity contribution is 7.73. The van der Waals surface area contributed by atoms with Crippen molar-refractivity contribution in [1.29, 1.82) is 0 Å². The second kappa shape index (κ2) is 5.03. The Hall–Kier alpha value is -1.66. The number of hydrogen-bond acceptors (Lipinski definition) is 4. The smallest absolute Gasteiger partial charge is 0.265 e. The third-order valence-corrected chi connectivity index (χ3v) is 4.48. The van der Waals surface area contributed by atoms with Crippen LogP contribution in [0.4, 0.5) is 5.69 Å². The van der Waals surface area contributed by atoms with Crippen molar-refractivity contribution in [2.24, 2.45) is 0 Å². The number of aryl methyl sites for hydroxylation is 1. The van der Waals surface area contributed by atoms with Crippen LogP contribution in [0.15, 0.2) is 18.2 Å². The summed E-state index contributed by atoms with van der Waals surface area (Å²) < 4.78 is 6.23. The summed E-state index contributed by atoms with van der Waals surface area (Å²) in [6, 6.07) is 5.88. The van der Waals surface area contributed by atoms with Gasteiger partial charge in [-0.25, -0.2) is 0 Å². The molecule has 104 valence electrons. The highest BCUT2D eigenvalue weighted by Crippen LogP contribution is 2.37. The molecule has 0 atom stereocenters. The van der Waals surface area contributed by atoms with Crippen molar-refractivity contribution in [2.75, 3.05) is 18.1 Å². The van der Waals surface area contributed by atoms with Crippen LogP contribution >= 0.6 is 23.6 Å². The van der Waals surface area contributed by atoms with E-state index < -0.39 is 0 Å². The van der Waals surface area contributed by atoms with E-state index in [-0.39, 0.29) is 12.5 Å². The number of ether oxygens (including phenoxy) is 1. The standard InChI is InChI=1S/C14H14N2O2S2/c1-3-16-10-6-9(13-8(2)20-14(19)15-13)4-5-11(10)18-7-12(16)17/h4-6H,3,7H2,1-2H3,(H,15,19). The average Bonchev–Trinajstić information content (AvgIpc) is 2.77. The van der Waals surface area contributed by atoms with Gasteiger partial charge >= 0.3 is 0 Å². The van der Waals surface area contributed by atoms with E-state index in [1.165, 1.54) is 0 Å². The minimum atomic E-state index is -0.00729. The van der Waals surface area contributed by atoms with Crippen LogP contribution < -0.4 is 9.64 Å². The molecule has 2 heterocycles. The van der Waals surface area contributed by atoms with Gasteiger partial charge in [-0.2, -0.15) is 0 Å². The van der Waals surface area contributed by atoms with Gasteiger partial charge in [-0.1, -0.05) is 0 Å². The fourth-order valence-corrected chi connectivity index (χ4v) is 3.56. The number of rotatable bonds is 2. The summed E-state index contributed by atoms with van der Waals surface area (Å²) in [5, 5.41) is 0. The minimum absolute atomic E-state index is 0.00729. The molecule has 0 bridgehead atoms. The number of carbonyl (C=O) groups is 1. The van der Waals surface area contributed by atoms with E-state index in [9.17, 15) is 4.79 Å². The van der Waals surface area contributed by atoms with Crippen molar-refractivity contribution in [3.05, 3.63) is 27.0 Å². The third kappa shape index (κ3) is 2.14. The summed E-state index contributed by atoms with van der Waals surface area (Å²) in [7, 11) is 0. The lowest BCUT2D eigenvalue weighted by molar-refractivity contribution is -0.121. The number of aromatic nitrogens is 1. The maximum absolute atomic E-state index is 11.9.